The van der Waals surface area contributed by atoms with E-state index in [1.54, 1.807) is 12.4 Å². The number of fused-ring (bicyclic) bond motifs is 4. The van der Waals surface area contributed by atoms with Gasteiger partial charge in [0.15, 0.2) is 0 Å². The molecule has 0 radical (unpaired) electrons. The maximum absolute atomic E-state index is 13.0. The van der Waals surface area contributed by atoms with E-state index in [4.69, 9.17) is 4.42 Å². The van der Waals surface area contributed by atoms with Crippen molar-refractivity contribution in [1.29, 1.82) is 0 Å². The van der Waals surface area contributed by atoms with E-state index in [1.807, 2.05) is 30.0 Å². The number of piperidine rings is 1. The molecular formula is C25H27N3O2. The van der Waals surface area contributed by atoms with Crippen LogP contribution in [0.1, 0.15) is 34.5 Å². The molecule has 6 rings (SSSR count). The highest BCUT2D eigenvalue weighted by molar-refractivity contribution is 5.94. The molecule has 3 aromatic rings. The van der Waals surface area contributed by atoms with Gasteiger partial charge in [-0.05, 0) is 55.5 Å². The van der Waals surface area contributed by atoms with Crippen molar-refractivity contribution < 1.29 is 9.21 Å². The monoisotopic (exact) mass is 401 g/mol. The van der Waals surface area contributed by atoms with E-state index in [1.165, 1.54) is 12.0 Å². The number of rotatable bonds is 4. The van der Waals surface area contributed by atoms with Gasteiger partial charge in [0.1, 0.15) is 11.5 Å². The summed E-state index contributed by atoms with van der Waals surface area (Å²) in [4.78, 5) is 21.8. The second-order valence-corrected chi connectivity index (χ2v) is 8.55. The summed E-state index contributed by atoms with van der Waals surface area (Å²) in [5.74, 6) is 2.48. The van der Waals surface area contributed by atoms with Crippen molar-refractivity contribution in [3.8, 4) is 11.3 Å². The third-order valence-corrected chi connectivity index (χ3v) is 6.42. The van der Waals surface area contributed by atoms with Crippen LogP contribution >= 0.6 is 0 Å². The summed E-state index contributed by atoms with van der Waals surface area (Å²) >= 11 is 0. The van der Waals surface area contributed by atoms with E-state index in [0.717, 1.165) is 49.7 Å². The number of nitrogens with zero attached hydrogens (tertiary/aromatic N) is 3. The summed E-state index contributed by atoms with van der Waals surface area (Å²) in [6.45, 7) is 5.51. The van der Waals surface area contributed by atoms with Crippen LogP contribution in [-0.4, -0.2) is 46.4 Å². The van der Waals surface area contributed by atoms with Crippen LogP contribution in [0.3, 0.4) is 0 Å². The van der Waals surface area contributed by atoms with Crippen molar-refractivity contribution in [2.75, 3.05) is 19.6 Å². The molecule has 2 atom stereocenters. The molecule has 0 unspecified atom stereocenters. The molecule has 154 valence electrons. The quantitative estimate of drug-likeness (QED) is 0.651. The SMILES string of the molecule is Cc1ccc(-c2ccccc2CN2C[C@H]3CC[C@@H]2CN(C(=O)c2cccnc2)C3)o1. The van der Waals surface area contributed by atoms with Crippen molar-refractivity contribution in [3.63, 3.8) is 0 Å². The van der Waals surface area contributed by atoms with Gasteiger partial charge in [0, 0.05) is 50.2 Å². The summed E-state index contributed by atoms with van der Waals surface area (Å²) in [7, 11) is 0. The summed E-state index contributed by atoms with van der Waals surface area (Å²) < 4.78 is 5.91. The Kier molecular flexibility index (Phi) is 5.13. The minimum Gasteiger partial charge on any atom is -0.461 e. The predicted octanol–water partition coefficient (Wildman–Crippen LogP) is 4.39. The van der Waals surface area contributed by atoms with Crippen molar-refractivity contribution in [2.45, 2.75) is 32.4 Å². The van der Waals surface area contributed by atoms with Crippen molar-refractivity contribution in [3.05, 3.63) is 77.8 Å². The Morgan fingerprint density at radius 1 is 1.07 bits per heavy atom. The highest BCUT2D eigenvalue weighted by Crippen LogP contribution is 2.32. The smallest absolute Gasteiger partial charge is 0.255 e. The second kappa shape index (κ2) is 8.07. The Morgan fingerprint density at radius 2 is 1.97 bits per heavy atom. The van der Waals surface area contributed by atoms with Gasteiger partial charge in [0.05, 0.1) is 5.56 Å². The molecule has 1 amide bonds. The van der Waals surface area contributed by atoms with Crippen LogP contribution in [0.5, 0.6) is 0 Å². The zero-order valence-electron chi connectivity index (χ0n) is 17.3. The molecule has 3 aliphatic heterocycles. The van der Waals surface area contributed by atoms with Gasteiger partial charge in [-0.25, -0.2) is 0 Å². The van der Waals surface area contributed by atoms with Crippen molar-refractivity contribution in [2.24, 2.45) is 5.92 Å². The average Bonchev–Trinajstić information content (AvgIpc) is 3.01. The highest BCUT2D eigenvalue weighted by Gasteiger charge is 2.36. The molecule has 3 aliphatic rings. The van der Waals surface area contributed by atoms with E-state index >= 15 is 0 Å². The molecule has 2 bridgehead atoms. The van der Waals surface area contributed by atoms with Gasteiger partial charge < -0.3 is 9.32 Å². The lowest BCUT2D eigenvalue weighted by Gasteiger charge is -2.36. The number of hydrogen-bond donors (Lipinski definition) is 0. The fraction of sp³-hybridized carbons (Fsp3) is 0.360. The van der Waals surface area contributed by atoms with Crippen LogP contribution in [0.4, 0.5) is 0 Å². The Hall–Kier alpha value is -2.92. The molecule has 0 spiro atoms. The first-order valence-corrected chi connectivity index (χ1v) is 10.8. The molecule has 2 aromatic heterocycles. The molecule has 3 fully saturated rings. The maximum atomic E-state index is 13.0. The Bertz CT molecular complexity index is 1030. The highest BCUT2D eigenvalue weighted by atomic mass is 16.3. The van der Waals surface area contributed by atoms with Gasteiger partial charge in [0.2, 0.25) is 0 Å². The lowest BCUT2D eigenvalue weighted by molar-refractivity contribution is 0.0735. The van der Waals surface area contributed by atoms with Crippen LogP contribution in [0.25, 0.3) is 11.3 Å². The number of hydrogen-bond acceptors (Lipinski definition) is 4. The van der Waals surface area contributed by atoms with Crippen LogP contribution in [-0.2, 0) is 6.54 Å². The van der Waals surface area contributed by atoms with Gasteiger partial charge in [-0.3, -0.25) is 14.7 Å². The van der Waals surface area contributed by atoms with E-state index in [2.05, 4.69) is 40.2 Å². The molecule has 1 aromatic carbocycles. The average molecular weight is 402 g/mol. The molecule has 30 heavy (non-hydrogen) atoms. The predicted molar refractivity (Wildman–Crippen MR) is 116 cm³/mol. The number of aromatic nitrogens is 1. The zero-order valence-corrected chi connectivity index (χ0v) is 17.3. The molecule has 5 nitrogen and oxygen atoms in total. The summed E-state index contributed by atoms with van der Waals surface area (Å²) in [5.41, 5.74) is 3.13. The van der Waals surface area contributed by atoms with Crippen LogP contribution in [0, 0.1) is 12.8 Å². The minimum atomic E-state index is 0.105. The summed E-state index contributed by atoms with van der Waals surface area (Å²) in [6.07, 6.45) is 5.72. The third-order valence-electron chi connectivity index (χ3n) is 6.42. The lowest BCUT2D eigenvalue weighted by atomic mass is 9.94. The summed E-state index contributed by atoms with van der Waals surface area (Å²) in [6, 6.07) is 16.7. The van der Waals surface area contributed by atoms with E-state index in [-0.39, 0.29) is 5.91 Å². The fourth-order valence-corrected chi connectivity index (χ4v) is 4.91. The molecule has 5 heterocycles. The van der Waals surface area contributed by atoms with E-state index in [0.29, 0.717) is 17.5 Å². The fourth-order valence-electron chi connectivity index (χ4n) is 4.91. The number of carbonyl (C=O) groups excluding carboxylic acids is 1. The lowest BCUT2D eigenvalue weighted by Crippen LogP contribution is -2.44. The van der Waals surface area contributed by atoms with Crippen molar-refractivity contribution in [1.82, 2.24) is 14.8 Å². The van der Waals surface area contributed by atoms with Gasteiger partial charge in [0.25, 0.3) is 5.91 Å². The number of amides is 1. The number of benzene rings is 1. The molecule has 0 saturated carbocycles. The van der Waals surface area contributed by atoms with Gasteiger partial charge in [-0.2, -0.15) is 0 Å². The van der Waals surface area contributed by atoms with Crippen molar-refractivity contribution >= 4 is 5.91 Å². The first-order chi connectivity index (χ1) is 14.7. The number of aryl methyl sites for hydroxylation is 1. The van der Waals surface area contributed by atoms with E-state index in [9.17, 15) is 4.79 Å². The Balaban J connectivity index is 1.36. The Morgan fingerprint density at radius 3 is 2.77 bits per heavy atom. The number of furan rings is 1. The van der Waals surface area contributed by atoms with E-state index < -0.39 is 0 Å². The Labute approximate surface area is 177 Å². The van der Waals surface area contributed by atoms with Gasteiger partial charge in [-0.15, -0.1) is 0 Å². The molecule has 3 saturated heterocycles. The maximum Gasteiger partial charge on any atom is 0.255 e. The molecule has 0 aliphatic carbocycles. The van der Waals surface area contributed by atoms with Gasteiger partial charge >= 0.3 is 0 Å². The largest absolute Gasteiger partial charge is 0.461 e. The van der Waals surface area contributed by atoms with Crippen LogP contribution in [0.15, 0.2) is 65.3 Å². The molecule has 5 heteroatoms. The van der Waals surface area contributed by atoms with Crippen LogP contribution in [0.2, 0.25) is 0 Å². The molecular weight excluding hydrogens is 374 g/mol. The minimum absolute atomic E-state index is 0.105. The normalized spacial score (nSPS) is 21.6. The summed E-state index contributed by atoms with van der Waals surface area (Å²) in [5, 5.41) is 0. The molecule has 0 N–H and O–H groups in total. The first kappa shape index (κ1) is 19.1. The number of pyridine rings is 1. The third kappa shape index (κ3) is 3.77. The van der Waals surface area contributed by atoms with Gasteiger partial charge in [-0.1, -0.05) is 24.3 Å². The standard InChI is InChI=1S/C25H27N3O2/c1-18-8-11-24(30-18)23-7-3-2-5-21(23)16-27-14-19-9-10-22(27)17-28(15-19)25(29)20-6-4-12-26-13-20/h2-8,11-13,19,22H,9-10,14-17H2,1H3/t19-,22-/m1/s1. The second-order valence-electron chi connectivity index (χ2n) is 8.55. The first-order valence-electron chi connectivity index (χ1n) is 10.8. The van der Waals surface area contributed by atoms with Crippen LogP contribution < -0.4 is 0 Å². The zero-order chi connectivity index (χ0) is 20.5. The number of carbonyl (C=O) groups is 1. The topological polar surface area (TPSA) is 49.6 Å².